The van der Waals surface area contributed by atoms with Gasteiger partial charge in [0.25, 0.3) is 0 Å². The van der Waals surface area contributed by atoms with Crippen LogP contribution in [0.1, 0.15) is 5.56 Å². The van der Waals surface area contributed by atoms with Gasteiger partial charge in [-0.1, -0.05) is 40.2 Å². The first kappa shape index (κ1) is 20.8. The SMILES string of the molecule is O=C(CS(=O)(=O)Cc1ccc(Br)cc1)Nc1ccccc1SC(F)(F)F. The fraction of sp³-hybridized carbons (Fsp3) is 0.188. The molecule has 0 radical (unpaired) electrons. The molecule has 140 valence electrons. The minimum atomic E-state index is -4.52. The highest BCUT2D eigenvalue weighted by Gasteiger charge is 2.30. The fourth-order valence-corrected chi connectivity index (χ4v) is 4.22. The van der Waals surface area contributed by atoms with Crippen LogP contribution in [0.25, 0.3) is 0 Å². The van der Waals surface area contributed by atoms with E-state index in [1.54, 1.807) is 24.3 Å². The fourth-order valence-electron chi connectivity index (χ4n) is 2.06. The van der Waals surface area contributed by atoms with Crippen LogP contribution in [0.2, 0.25) is 0 Å². The van der Waals surface area contributed by atoms with E-state index < -0.39 is 27.0 Å². The Labute approximate surface area is 161 Å². The molecule has 0 atom stereocenters. The monoisotopic (exact) mass is 467 g/mol. The number of alkyl halides is 3. The van der Waals surface area contributed by atoms with Crippen LogP contribution in [0.5, 0.6) is 0 Å². The third-order valence-corrected chi connectivity index (χ3v) is 5.85. The Bertz CT molecular complexity index is 884. The molecule has 2 aromatic carbocycles. The maximum atomic E-state index is 12.6. The number of anilines is 1. The van der Waals surface area contributed by atoms with E-state index in [9.17, 15) is 26.4 Å². The van der Waals surface area contributed by atoms with Gasteiger partial charge < -0.3 is 5.32 Å². The van der Waals surface area contributed by atoms with Crippen molar-refractivity contribution in [2.45, 2.75) is 16.2 Å². The number of hydrogen-bond donors (Lipinski definition) is 1. The molecule has 2 rings (SSSR count). The van der Waals surface area contributed by atoms with Gasteiger partial charge in [0.15, 0.2) is 9.84 Å². The summed E-state index contributed by atoms with van der Waals surface area (Å²) in [4.78, 5) is 11.8. The van der Waals surface area contributed by atoms with Crippen LogP contribution in [0.15, 0.2) is 57.9 Å². The number of para-hydroxylation sites is 1. The summed E-state index contributed by atoms with van der Waals surface area (Å²) in [6.45, 7) is 0. The Hall–Kier alpha value is -1.52. The lowest BCUT2D eigenvalue weighted by molar-refractivity contribution is -0.113. The number of rotatable bonds is 6. The van der Waals surface area contributed by atoms with Gasteiger partial charge in [-0.2, -0.15) is 13.2 Å². The van der Waals surface area contributed by atoms with Crippen molar-refractivity contribution >= 4 is 49.1 Å². The Balaban J connectivity index is 2.05. The molecule has 4 nitrogen and oxygen atoms in total. The van der Waals surface area contributed by atoms with Crippen LogP contribution in [-0.4, -0.2) is 25.6 Å². The normalized spacial score (nSPS) is 12.0. The molecule has 0 aliphatic carbocycles. The number of thioether (sulfide) groups is 1. The van der Waals surface area contributed by atoms with Gasteiger partial charge in [-0.25, -0.2) is 8.42 Å². The third kappa shape index (κ3) is 7.00. The summed E-state index contributed by atoms with van der Waals surface area (Å²) < 4.78 is 62.7. The molecule has 0 saturated carbocycles. The summed E-state index contributed by atoms with van der Waals surface area (Å²) in [5, 5.41) is 2.24. The molecule has 2 aromatic rings. The van der Waals surface area contributed by atoms with E-state index in [2.05, 4.69) is 21.2 Å². The molecule has 0 fully saturated rings. The topological polar surface area (TPSA) is 63.2 Å². The van der Waals surface area contributed by atoms with E-state index in [0.717, 1.165) is 4.47 Å². The summed E-state index contributed by atoms with van der Waals surface area (Å²) in [6.07, 6.45) is 0. The van der Waals surface area contributed by atoms with Gasteiger partial charge >= 0.3 is 5.51 Å². The van der Waals surface area contributed by atoms with Crippen molar-refractivity contribution in [3.8, 4) is 0 Å². The minimum absolute atomic E-state index is 0.0846. The Morgan fingerprint density at radius 2 is 1.69 bits per heavy atom. The standard InChI is InChI=1S/C16H13BrF3NO3S2/c17-12-7-5-11(6-8-12)9-26(23,24)10-15(22)21-13-3-1-2-4-14(13)25-16(18,19)20/h1-8H,9-10H2,(H,21,22). The average Bonchev–Trinajstić information content (AvgIpc) is 2.49. The molecule has 0 bridgehead atoms. The summed E-state index contributed by atoms with van der Waals surface area (Å²) in [6, 6.07) is 11.9. The number of carbonyl (C=O) groups excluding carboxylic acids is 1. The lowest BCUT2D eigenvalue weighted by atomic mass is 10.2. The quantitative estimate of drug-likeness (QED) is 0.629. The molecule has 0 aliphatic heterocycles. The molecule has 0 unspecified atom stereocenters. The molecular formula is C16H13BrF3NO3S2. The molecule has 0 saturated heterocycles. The van der Waals surface area contributed by atoms with E-state index in [4.69, 9.17) is 0 Å². The van der Waals surface area contributed by atoms with Crippen molar-refractivity contribution in [2.24, 2.45) is 0 Å². The van der Waals surface area contributed by atoms with Crippen LogP contribution in [0, 0.1) is 0 Å². The van der Waals surface area contributed by atoms with Gasteiger partial charge in [-0.3, -0.25) is 4.79 Å². The second kappa shape index (κ2) is 8.45. The van der Waals surface area contributed by atoms with Crippen molar-refractivity contribution in [2.75, 3.05) is 11.1 Å². The van der Waals surface area contributed by atoms with Gasteiger partial charge in [0, 0.05) is 9.37 Å². The predicted molar refractivity (Wildman–Crippen MR) is 98.6 cm³/mol. The van der Waals surface area contributed by atoms with Crippen LogP contribution in [0.3, 0.4) is 0 Å². The lowest BCUT2D eigenvalue weighted by Crippen LogP contribution is -2.24. The van der Waals surface area contributed by atoms with E-state index in [-0.39, 0.29) is 28.1 Å². The molecular weight excluding hydrogens is 455 g/mol. The smallest absolute Gasteiger partial charge is 0.324 e. The summed E-state index contributed by atoms with van der Waals surface area (Å²) >= 11 is 2.86. The third-order valence-electron chi connectivity index (χ3n) is 3.04. The summed E-state index contributed by atoms with van der Waals surface area (Å²) in [7, 11) is -3.77. The highest BCUT2D eigenvalue weighted by atomic mass is 79.9. The number of hydrogen-bond acceptors (Lipinski definition) is 4. The highest BCUT2D eigenvalue weighted by molar-refractivity contribution is 9.10. The van der Waals surface area contributed by atoms with Gasteiger partial charge in [0.1, 0.15) is 5.75 Å². The number of halogens is 4. The number of carbonyl (C=O) groups is 1. The van der Waals surface area contributed by atoms with Crippen LogP contribution in [0.4, 0.5) is 18.9 Å². The molecule has 1 amide bonds. The van der Waals surface area contributed by atoms with Crippen LogP contribution < -0.4 is 5.32 Å². The molecule has 1 N–H and O–H groups in total. The summed E-state index contributed by atoms with van der Waals surface area (Å²) in [5.74, 6) is -2.06. The van der Waals surface area contributed by atoms with Gasteiger partial charge in [-0.15, -0.1) is 0 Å². The van der Waals surface area contributed by atoms with E-state index in [0.29, 0.717) is 5.56 Å². The van der Waals surface area contributed by atoms with Crippen molar-refractivity contribution in [1.29, 1.82) is 0 Å². The first-order valence-electron chi connectivity index (χ1n) is 7.13. The number of sulfone groups is 1. The predicted octanol–water partition coefficient (Wildman–Crippen LogP) is 4.61. The van der Waals surface area contributed by atoms with Crippen molar-refractivity contribution < 1.29 is 26.4 Å². The van der Waals surface area contributed by atoms with Gasteiger partial charge in [0.2, 0.25) is 5.91 Å². The van der Waals surface area contributed by atoms with Crippen LogP contribution >= 0.6 is 27.7 Å². The van der Waals surface area contributed by atoms with Crippen molar-refractivity contribution in [3.05, 3.63) is 58.6 Å². The number of benzene rings is 2. The maximum absolute atomic E-state index is 12.6. The zero-order valence-electron chi connectivity index (χ0n) is 13.1. The first-order valence-corrected chi connectivity index (χ1v) is 10.6. The molecule has 0 aliphatic rings. The molecule has 0 aromatic heterocycles. The Morgan fingerprint density at radius 3 is 2.31 bits per heavy atom. The van der Waals surface area contributed by atoms with E-state index in [1.807, 2.05) is 0 Å². The first-order chi connectivity index (χ1) is 12.0. The maximum Gasteiger partial charge on any atom is 0.446 e. The molecule has 0 heterocycles. The average molecular weight is 468 g/mol. The van der Waals surface area contributed by atoms with E-state index >= 15 is 0 Å². The summed E-state index contributed by atoms with van der Waals surface area (Å²) in [5.41, 5.74) is -4.10. The zero-order chi connectivity index (χ0) is 19.4. The Morgan fingerprint density at radius 1 is 1.08 bits per heavy atom. The molecule has 26 heavy (non-hydrogen) atoms. The van der Waals surface area contributed by atoms with Crippen molar-refractivity contribution in [3.63, 3.8) is 0 Å². The van der Waals surface area contributed by atoms with Crippen LogP contribution in [-0.2, 0) is 20.4 Å². The Kier molecular flexibility index (Phi) is 6.75. The zero-order valence-corrected chi connectivity index (χ0v) is 16.3. The van der Waals surface area contributed by atoms with Gasteiger partial charge in [-0.05, 0) is 41.6 Å². The number of nitrogens with one attached hydrogen (secondary N) is 1. The second-order valence-corrected chi connectivity index (χ2v) is 9.34. The second-order valence-electron chi connectivity index (χ2n) is 5.25. The molecule has 10 heteroatoms. The highest BCUT2D eigenvalue weighted by Crippen LogP contribution is 2.40. The molecule has 0 spiro atoms. The lowest BCUT2D eigenvalue weighted by Gasteiger charge is -2.12. The van der Waals surface area contributed by atoms with Crippen molar-refractivity contribution in [1.82, 2.24) is 0 Å². The van der Waals surface area contributed by atoms with E-state index in [1.165, 1.54) is 24.3 Å². The number of amides is 1. The largest absolute Gasteiger partial charge is 0.446 e. The van der Waals surface area contributed by atoms with Gasteiger partial charge in [0.05, 0.1) is 11.4 Å². The minimum Gasteiger partial charge on any atom is -0.324 e.